The van der Waals surface area contributed by atoms with Crippen LogP contribution >= 0.6 is 12.2 Å². The molecule has 0 saturated heterocycles. The number of nitrogens with zero attached hydrogens (tertiary/aromatic N) is 1. The normalized spacial score (nSPS) is 10.4. The Hall–Kier alpha value is -2.47. The predicted octanol–water partition coefficient (Wildman–Crippen LogP) is 3.78. The fourth-order valence-corrected chi connectivity index (χ4v) is 2.00. The molecule has 4 nitrogen and oxygen atoms in total. The number of thiocarbonyl (C=S) groups is 1. The van der Waals surface area contributed by atoms with Crippen molar-refractivity contribution in [3.63, 3.8) is 0 Å². The molecular formula is C14H10FN3OS. The molecule has 0 spiro atoms. The summed E-state index contributed by atoms with van der Waals surface area (Å²) in [5, 5.41) is 11.2. The molecule has 2 aromatic carbocycles. The Morgan fingerprint density at radius 3 is 2.55 bits per heavy atom. The molecule has 0 radical (unpaired) electrons. The van der Waals surface area contributed by atoms with E-state index in [1.807, 2.05) is 18.2 Å². The molecule has 2 N–H and O–H groups in total. The van der Waals surface area contributed by atoms with Crippen molar-refractivity contribution in [2.75, 3.05) is 10.6 Å². The summed E-state index contributed by atoms with van der Waals surface area (Å²) in [4.78, 5) is 0. The third-order valence-electron chi connectivity index (χ3n) is 2.72. The maximum Gasteiger partial charge on any atom is 0.175 e. The van der Waals surface area contributed by atoms with Crippen LogP contribution in [0.15, 0.2) is 53.3 Å². The first-order valence-corrected chi connectivity index (χ1v) is 6.29. The summed E-state index contributed by atoms with van der Waals surface area (Å²) in [6, 6.07) is 11.6. The molecule has 0 saturated carbocycles. The van der Waals surface area contributed by atoms with E-state index in [0.29, 0.717) is 10.8 Å². The summed E-state index contributed by atoms with van der Waals surface area (Å²) >= 11 is 5.19. The molecule has 0 aliphatic carbocycles. The largest absolute Gasteiger partial charge is 0.364 e. The van der Waals surface area contributed by atoms with Gasteiger partial charge in [0.2, 0.25) is 0 Å². The van der Waals surface area contributed by atoms with Crippen LogP contribution in [-0.4, -0.2) is 10.3 Å². The number of benzene rings is 2. The Bertz CT molecular complexity index is 754. The fourth-order valence-electron chi connectivity index (χ4n) is 1.77. The minimum Gasteiger partial charge on any atom is -0.364 e. The molecule has 3 aromatic rings. The number of hydrogen-bond donors (Lipinski definition) is 2. The van der Waals surface area contributed by atoms with Gasteiger partial charge in [-0.25, -0.2) is 4.39 Å². The first-order chi connectivity index (χ1) is 9.70. The summed E-state index contributed by atoms with van der Waals surface area (Å²) in [5.41, 5.74) is 2.26. The van der Waals surface area contributed by atoms with Crippen LogP contribution in [0, 0.1) is 5.82 Å². The van der Waals surface area contributed by atoms with Gasteiger partial charge in [-0.2, -0.15) is 0 Å². The van der Waals surface area contributed by atoms with Crippen molar-refractivity contribution in [3.8, 4) is 0 Å². The van der Waals surface area contributed by atoms with E-state index in [1.165, 1.54) is 12.1 Å². The average Bonchev–Trinajstić information content (AvgIpc) is 2.89. The zero-order valence-corrected chi connectivity index (χ0v) is 11.1. The van der Waals surface area contributed by atoms with Crippen molar-refractivity contribution in [2.24, 2.45) is 0 Å². The molecule has 0 unspecified atom stereocenters. The zero-order valence-electron chi connectivity index (χ0n) is 10.3. The van der Waals surface area contributed by atoms with Crippen LogP contribution in [0.3, 0.4) is 0 Å². The minimum atomic E-state index is -0.286. The summed E-state index contributed by atoms with van der Waals surface area (Å²) < 4.78 is 17.7. The summed E-state index contributed by atoms with van der Waals surface area (Å²) in [6.07, 6.45) is 1.58. The smallest absolute Gasteiger partial charge is 0.175 e. The molecule has 0 amide bonds. The molecule has 1 heterocycles. The van der Waals surface area contributed by atoms with Crippen molar-refractivity contribution in [1.82, 2.24) is 5.16 Å². The van der Waals surface area contributed by atoms with Crippen LogP contribution in [0.2, 0.25) is 0 Å². The van der Waals surface area contributed by atoms with Crippen LogP contribution < -0.4 is 10.6 Å². The number of nitrogens with one attached hydrogen (secondary N) is 2. The van der Waals surface area contributed by atoms with Gasteiger partial charge in [0.1, 0.15) is 17.6 Å². The number of fused-ring (bicyclic) bond motifs is 1. The van der Waals surface area contributed by atoms with Crippen molar-refractivity contribution < 1.29 is 8.91 Å². The second-order valence-electron chi connectivity index (χ2n) is 4.17. The molecule has 100 valence electrons. The van der Waals surface area contributed by atoms with E-state index < -0.39 is 0 Å². The van der Waals surface area contributed by atoms with E-state index in [-0.39, 0.29) is 5.82 Å². The van der Waals surface area contributed by atoms with Crippen molar-refractivity contribution in [2.45, 2.75) is 0 Å². The van der Waals surface area contributed by atoms with E-state index >= 15 is 0 Å². The highest BCUT2D eigenvalue weighted by molar-refractivity contribution is 7.80. The summed E-state index contributed by atoms with van der Waals surface area (Å²) in [7, 11) is 0. The third kappa shape index (κ3) is 2.75. The number of anilines is 2. The lowest BCUT2D eigenvalue weighted by molar-refractivity contribution is 0.428. The highest BCUT2D eigenvalue weighted by Gasteiger charge is 2.02. The van der Waals surface area contributed by atoms with Crippen LogP contribution in [0.4, 0.5) is 15.8 Å². The predicted molar refractivity (Wildman–Crippen MR) is 80.3 cm³/mol. The second kappa shape index (κ2) is 5.26. The van der Waals surface area contributed by atoms with Crippen LogP contribution in [0.5, 0.6) is 0 Å². The molecule has 0 aliphatic heterocycles. The van der Waals surface area contributed by atoms with Crippen molar-refractivity contribution in [1.29, 1.82) is 0 Å². The van der Waals surface area contributed by atoms with E-state index in [1.54, 1.807) is 18.4 Å². The molecule has 6 heteroatoms. The Labute approximate surface area is 119 Å². The molecule has 1 aromatic heterocycles. The van der Waals surface area contributed by atoms with Gasteiger partial charge in [-0.05, 0) is 54.7 Å². The van der Waals surface area contributed by atoms with Gasteiger partial charge in [0.15, 0.2) is 5.11 Å². The molecule has 0 bridgehead atoms. The topological polar surface area (TPSA) is 50.1 Å². The van der Waals surface area contributed by atoms with Crippen LogP contribution in [0.25, 0.3) is 10.9 Å². The quantitative estimate of drug-likeness (QED) is 0.703. The van der Waals surface area contributed by atoms with E-state index in [4.69, 9.17) is 16.7 Å². The Morgan fingerprint density at radius 1 is 1.05 bits per heavy atom. The first-order valence-electron chi connectivity index (χ1n) is 5.88. The Kier molecular flexibility index (Phi) is 3.30. The Balaban J connectivity index is 1.70. The van der Waals surface area contributed by atoms with Gasteiger partial charge in [-0.1, -0.05) is 5.16 Å². The monoisotopic (exact) mass is 287 g/mol. The van der Waals surface area contributed by atoms with Gasteiger partial charge >= 0.3 is 0 Å². The van der Waals surface area contributed by atoms with Crippen molar-refractivity contribution in [3.05, 3.63) is 54.5 Å². The van der Waals surface area contributed by atoms with Crippen LogP contribution in [0.1, 0.15) is 0 Å². The molecule has 20 heavy (non-hydrogen) atoms. The molecule has 0 fully saturated rings. The number of aromatic nitrogens is 1. The van der Waals surface area contributed by atoms with Crippen LogP contribution in [-0.2, 0) is 0 Å². The SMILES string of the molecule is Fc1ccc(NC(=S)Nc2ccc3conc3c2)cc1. The van der Waals surface area contributed by atoms with Gasteiger partial charge in [0.25, 0.3) is 0 Å². The maximum atomic E-state index is 12.8. The number of halogens is 1. The highest BCUT2D eigenvalue weighted by Crippen LogP contribution is 2.18. The zero-order chi connectivity index (χ0) is 13.9. The third-order valence-corrected chi connectivity index (χ3v) is 2.93. The molecule has 0 aliphatic rings. The number of rotatable bonds is 2. The van der Waals surface area contributed by atoms with Gasteiger partial charge in [-0.3, -0.25) is 0 Å². The van der Waals surface area contributed by atoms with E-state index in [2.05, 4.69) is 15.8 Å². The molecule has 0 atom stereocenters. The average molecular weight is 287 g/mol. The highest BCUT2D eigenvalue weighted by atomic mass is 32.1. The lowest BCUT2D eigenvalue weighted by Crippen LogP contribution is -2.18. The maximum absolute atomic E-state index is 12.8. The van der Waals surface area contributed by atoms with Crippen molar-refractivity contribution >= 4 is 39.6 Å². The van der Waals surface area contributed by atoms with Gasteiger partial charge in [-0.15, -0.1) is 0 Å². The lowest BCUT2D eigenvalue weighted by Gasteiger charge is -2.10. The fraction of sp³-hybridized carbons (Fsp3) is 0. The van der Waals surface area contributed by atoms with E-state index in [9.17, 15) is 4.39 Å². The minimum absolute atomic E-state index is 0.286. The second-order valence-corrected chi connectivity index (χ2v) is 4.58. The van der Waals surface area contributed by atoms with E-state index in [0.717, 1.165) is 16.6 Å². The first kappa shape index (κ1) is 12.6. The van der Waals surface area contributed by atoms with Gasteiger partial charge in [0.05, 0.1) is 0 Å². The Morgan fingerprint density at radius 2 is 1.75 bits per heavy atom. The van der Waals surface area contributed by atoms with Gasteiger partial charge in [0, 0.05) is 16.8 Å². The number of hydrogen-bond acceptors (Lipinski definition) is 3. The summed E-state index contributed by atoms with van der Waals surface area (Å²) in [6.45, 7) is 0. The van der Waals surface area contributed by atoms with Gasteiger partial charge < -0.3 is 15.2 Å². The lowest BCUT2D eigenvalue weighted by atomic mass is 10.2. The molecular weight excluding hydrogens is 277 g/mol. The molecule has 3 rings (SSSR count). The standard InChI is InChI=1S/C14H10FN3OS/c15-10-2-5-11(6-3-10)16-14(20)17-12-4-1-9-8-19-18-13(9)7-12/h1-8H,(H2,16,17,20). The summed E-state index contributed by atoms with van der Waals surface area (Å²) in [5.74, 6) is -0.286.